The van der Waals surface area contributed by atoms with Gasteiger partial charge in [0.15, 0.2) is 5.69 Å². The van der Waals surface area contributed by atoms with Crippen molar-refractivity contribution in [1.82, 2.24) is 19.7 Å². The van der Waals surface area contributed by atoms with Crippen molar-refractivity contribution in [2.75, 3.05) is 13.2 Å². The van der Waals surface area contributed by atoms with E-state index in [4.69, 9.17) is 0 Å². The number of aliphatic hydroxyl groups is 1. The van der Waals surface area contributed by atoms with Crippen molar-refractivity contribution < 1.29 is 14.3 Å². The summed E-state index contributed by atoms with van der Waals surface area (Å²) in [5.41, 5.74) is 1.77. The highest BCUT2D eigenvalue weighted by Crippen LogP contribution is 2.12. The monoisotopic (exact) mass is 340 g/mol. The van der Waals surface area contributed by atoms with E-state index in [1.165, 1.54) is 21.7 Å². The van der Waals surface area contributed by atoms with Gasteiger partial charge in [0.25, 0.3) is 5.91 Å². The fraction of sp³-hybridized carbons (Fsp3) is 0.167. The van der Waals surface area contributed by atoms with Crippen LogP contribution in [0, 0.1) is 5.82 Å². The zero-order valence-electron chi connectivity index (χ0n) is 13.4. The maximum absolute atomic E-state index is 13.0. The SMILES string of the molecule is O=C(c1ccn(-c2ccc(F)cc2)n1)N(CCO)Cc1cccnc1. The second kappa shape index (κ2) is 7.67. The third kappa shape index (κ3) is 4.07. The van der Waals surface area contributed by atoms with Crippen LogP contribution in [0.15, 0.2) is 61.1 Å². The summed E-state index contributed by atoms with van der Waals surface area (Å²) in [6, 6.07) is 11.1. The molecular weight excluding hydrogens is 323 g/mol. The van der Waals surface area contributed by atoms with Gasteiger partial charge in [-0.3, -0.25) is 9.78 Å². The van der Waals surface area contributed by atoms with Gasteiger partial charge in [0.1, 0.15) is 5.82 Å². The first-order valence-corrected chi connectivity index (χ1v) is 7.78. The number of hydrogen-bond acceptors (Lipinski definition) is 4. The molecule has 1 N–H and O–H groups in total. The zero-order valence-corrected chi connectivity index (χ0v) is 13.4. The first-order chi connectivity index (χ1) is 12.2. The molecular formula is C18H17FN4O2. The zero-order chi connectivity index (χ0) is 17.6. The van der Waals surface area contributed by atoms with Crippen LogP contribution in [-0.4, -0.2) is 43.8 Å². The summed E-state index contributed by atoms with van der Waals surface area (Å²) in [7, 11) is 0. The number of rotatable bonds is 6. The minimum atomic E-state index is -0.335. The summed E-state index contributed by atoms with van der Waals surface area (Å²) >= 11 is 0. The highest BCUT2D eigenvalue weighted by atomic mass is 19.1. The lowest BCUT2D eigenvalue weighted by atomic mass is 10.2. The number of halogens is 1. The number of pyridine rings is 1. The van der Waals surface area contributed by atoms with Crippen LogP contribution in [0.1, 0.15) is 16.1 Å². The van der Waals surface area contributed by atoms with Gasteiger partial charge in [-0.2, -0.15) is 5.10 Å². The quantitative estimate of drug-likeness (QED) is 0.745. The largest absolute Gasteiger partial charge is 0.395 e. The average molecular weight is 340 g/mol. The molecule has 0 aliphatic carbocycles. The van der Waals surface area contributed by atoms with Crippen molar-refractivity contribution in [3.8, 4) is 5.69 Å². The van der Waals surface area contributed by atoms with Gasteiger partial charge in [0.05, 0.1) is 12.3 Å². The minimum absolute atomic E-state index is 0.148. The van der Waals surface area contributed by atoms with Crippen LogP contribution in [0.25, 0.3) is 5.69 Å². The van der Waals surface area contributed by atoms with E-state index in [1.807, 2.05) is 6.07 Å². The summed E-state index contributed by atoms with van der Waals surface area (Å²) in [5, 5.41) is 13.5. The molecule has 1 amide bonds. The number of nitrogens with zero attached hydrogens (tertiary/aromatic N) is 4. The fourth-order valence-electron chi connectivity index (χ4n) is 2.42. The molecule has 2 aromatic heterocycles. The Morgan fingerprint density at radius 1 is 1.20 bits per heavy atom. The number of benzene rings is 1. The van der Waals surface area contributed by atoms with E-state index < -0.39 is 0 Å². The van der Waals surface area contributed by atoms with Gasteiger partial charge in [0, 0.05) is 31.7 Å². The standard InChI is InChI=1S/C18H17FN4O2/c19-15-3-5-16(6-4-15)23-9-7-17(21-23)18(25)22(10-11-24)13-14-2-1-8-20-12-14/h1-9,12,24H,10-11,13H2. The molecule has 0 unspecified atom stereocenters. The summed E-state index contributed by atoms with van der Waals surface area (Å²) in [6.45, 7) is 0.373. The van der Waals surface area contributed by atoms with Gasteiger partial charge in [-0.25, -0.2) is 9.07 Å². The minimum Gasteiger partial charge on any atom is -0.395 e. The third-order valence-electron chi connectivity index (χ3n) is 3.65. The molecule has 0 saturated heterocycles. The molecule has 0 radical (unpaired) electrons. The molecule has 0 bridgehead atoms. The Kier molecular flexibility index (Phi) is 5.15. The molecule has 7 heteroatoms. The smallest absolute Gasteiger partial charge is 0.274 e. The van der Waals surface area contributed by atoms with Crippen molar-refractivity contribution in [3.05, 3.63) is 78.1 Å². The molecule has 0 spiro atoms. The Balaban J connectivity index is 1.79. The van der Waals surface area contributed by atoms with Crippen molar-refractivity contribution in [2.24, 2.45) is 0 Å². The molecule has 0 aliphatic heterocycles. The number of amides is 1. The topological polar surface area (TPSA) is 71.2 Å². The van der Waals surface area contributed by atoms with E-state index in [9.17, 15) is 14.3 Å². The second-order valence-electron chi connectivity index (χ2n) is 5.43. The van der Waals surface area contributed by atoms with Gasteiger partial charge in [-0.1, -0.05) is 6.07 Å². The van der Waals surface area contributed by atoms with Gasteiger partial charge in [-0.05, 0) is 42.0 Å². The summed E-state index contributed by atoms with van der Waals surface area (Å²) in [5.74, 6) is -0.628. The molecule has 0 saturated carbocycles. The molecule has 6 nitrogen and oxygen atoms in total. The van der Waals surface area contributed by atoms with Crippen LogP contribution >= 0.6 is 0 Å². The lowest BCUT2D eigenvalue weighted by molar-refractivity contribution is 0.0701. The number of carbonyl (C=O) groups excluding carboxylic acids is 1. The number of aromatic nitrogens is 3. The van der Waals surface area contributed by atoms with Gasteiger partial charge >= 0.3 is 0 Å². The summed E-state index contributed by atoms with van der Waals surface area (Å²) in [6.07, 6.45) is 4.97. The lowest BCUT2D eigenvalue weighted by Gasteiger charge is -2.20. The number of hydrogen-bond donors (Lipinski definition) is 1. The lowest BCUT2D eigenvalue weighted by Crippen LogP contribution is -2.33. The molecule has 3 rings (SSSR count). The number of carbonyl (C=O) groups is 1. The summed E-state index contributed by atoms with van der Waals surface area (Å²) in [4.78, 5) is 18.2. The van der Waals surface area contributed by atoms with Crippen LogP contribution in [0.5, 0.6) is 0 Å². The van der Waals surface area contributed by atoms with E-state index in [2.05, 4.69) is 10.1 Å². The molecule has 0 atom stereocenters. The predicted molar refractivity (Wildman–Crippen MR) is 89.6 cm³/mol. The van der Waals surface area contributed by atoms with Crippen LogP contribution in [0.2, 0.25) is 0 Å². The molecule has 0 aliphatic rings. The van der Waals surface area contributed by atoms with Crippen LogP contribution in [0.4, 0.5) is 4.39 Å². The fourth-order valence-corrected chi connectivity index (χ4v) is 2.42. The Morgan fingerprint density at radius 3 is 2.68 bits per heavy atom. The highest BCUT2D eigenvalue weighted by molar-refractivity contribution is 5.92. The van der Waals surface area contributed by atoms with Crippen molar-refractivity contribution in [2.45, 2.75) is 6.54 Å². The summed E-state index contributed by atoms with van der Waals surface area (Å²) < 4.78 is 14.5. The maximum atomic E-state index is 13.0. The third-order valence-corrected chi connectivity index (χ3v) is 3.65. The first kappa shape index (κ1) is 16.8. The molecule has 0 fully saturated rings. The van der Waals surface area contributed by atoms with Crippen LogP contribution in [-0.2, 0) is 6.54 Å². The van der Waals surface area contributed by atoms with Crippen molar-refractivity contribution >= 4 is 5.91 Å². The van der Waals surface area contributed by atoms with Crippen molar-refractivity contribution in [1.29, 1.82) is 0 Å². The van der Waals surface area contributed by atoms with Crippen LogP contribution < -0.4 is 0 Å². The molecule has 128 valence electrons. The molecule has 25 heavy (non-hydrogen) atoms. The van der Waals surface area contributed by atoms with E-state index in [1.54, 1.807) is 42.9 Å². The predicted octanol–water partition coefficient (Wildman–Crippen LogP) is 2.04. The average Bonchev–Trinajstić information content (AvgIpc) is 3.12. The molecule has 2 heterocycles. The normalized spacial score (nSPS) is 10.6. The first-order valence-electron chi connectivity index (χ1n) is 7.78. The van der Waals surface area contributed by atoms with Crippen molar-refractivity contribution in [3.63, 3.8) is 0 Å². The Hall–Kier alpha value is -3.06. The Morgan fingerprint density at radius 2 is 2.00 bits per heavy atom. The van der Waals surface area contributed by atoms with Gasteiger partial charge in [-0.15, -0.1) is 0 Å². The highest BCUT2D eigenvalue weighted by Gasteiger charge is 2.18. The van der Waals surface area contributed by atoms with Gasteiger partial charge < -0.3 is 10.0 Å². The molecule has 1 aromatic carbocycles. The van der Waals surface area contributed by atoms with E-state index in [0.29, 0.717) is 12.2 Å². The van der Waals surface area contributed by atoms with E-state index >= 15 is 0 Å². The Bertz CT molecular complexity index is 834. The Labute approximate surface area is 144 Å². The maximum Gasteiger partial charge on any atom is 0.274 e. The van der Waals surface area contributed by atoms with Crippen LogP contribution in [0.3, 0.4) is 0 Å². The van der Waals surface area contributed by atoms with E-state index in [0.717, 1.165) is 5.56 Å². The van der Waals surface area contributed by atoms with E-state index in [-0.39, 0.29) is 30.6 Å². The molecule has 3 aromatic rings. The number of aliphatic hydroxyl groups excluding tert-OH is 1. The van der Waals surface area contributed by atoms with Gasteiger partial charge in [0.2, 0.25) is 0 Å². The second-order valence-corrected chi connectivity index (χ2v) is 5.43.